The van der Waals surface area contributed by atoms with Crippen molar-refractivity contribution in [3.8, 4) is 6.07 Å². The lowest BCUT2D eigenvalue weighted by molar-refractivity contribution is 1.36. The zero-order valence-corrected chi connectivity index (χ0v) is 7.37. The summed E-state index contributed by atoms with van der Waals surface area (Å²) >= 11 is 2.12. The van der Waals surface area contributed by atoms with E-state index in [9.17, 15) is 0 Å². The molecule has 0 aliphatic rings. The van der Waals surface area contributed by atoms with Crippen molar-refractivity contribution in [1.82, 2.24) is 2.78 Å². The van der Waals surface area contributed by atoms with Crippen LogP contribution in [0.1, 0.15) is 5.56 Å². The molecule has 0 atom stereocenters. The summed E-state index contributed by atoms with van der Waals surface area (Å²) < 4.78 is 1.86. The first kappa shape index (κ1) is 7.35. The first-order chi connectivity index (χ1) is 4.74. The lowest BCUT2D eigenvalue weighted by Crippen LogP contribution is -1.72. The standard InChI is InChI=1S/C7H5IN2/c1-6(4-9)7-2-3-10(8)5-7/h2-3,5H,1H2. The fraction of sp³-hybridized carbons (Fsp3) is 0. The van der Waals surface area contributed by atoms with Gasteiger partial charge in [-0.2, -0.15) is 5.26 Å². The third-order valence-corrected chi connectivity index (χ3v) is 1.74. The van der Waals surface area contributed by atoms with Gasteiger partial charge in [0.05, 0.1) is 34.5 Å². The molecule has 2 nitrogen and oxygen atoms in total. The summed E-state index contributed by atoms with van der Waals surface area (Å²) in [5, 5.41) is 8.44. The Labute approximate surface area is 73.3 Å². The van der Waals surface area contributed by atoms with Gasteiger partial charge in [0.1, 0.15) is 0 Å². The van der Waals surface area contributed by atoms with Crippen molar-refractivity contribution in [3.05, 3.63) is 30.6 Å². The Morgan fingerprint density at radius 1 is 1.80 bits per heavy atom. The van der Waals surface area contributed by atoms with Gasteiger partial charge in [0.25, 0.3) is 0 Å². The molecular formula is C7H5IN2. The number of nitrogens with zero attached hydrogens (tertiary/aromatic N) is 2. The summed E-state index contributed by atoms with van der Waals surface area (Å²) in [7, 11) is 0. The molecule has 0 aliphatic carbocycles. The van der Waals surface area contributed by atoms with E-state index in [1.807, 2.05) is 27.3 Å². The first-order valence-corrected chi connectivity index (χ1v) is 3.64. The highest BCUT2D eigenvalue weighted by Crippen LogP contribution is 2.12. The number of halogens is 1. The highest BCUT2D eigenvalue weighted by atomic mass is 127. The highest BCUT2D eigenvalue weighted by Gasteiger charge is 1.96. The van der Waals surface area contributed by atoms with Gasteiger partial charge in [0.15, 0.2) is 0 Å². The lowest BCUT2D eigenvalue weighted by Gasteiger charge is -1.85. The number of allylic oxidation sites excluding steroid dienone is 1. The number of nitriles is 1. The van der Waals surface area contributed by atoms with Gasteiger partial charge >= 0.3 is 0 Å². The second kappa shape index (κ2) is 2.88. The first-order valence-electron chi connectivity index (χ1n) is 2.67. The summed E-state index contributed by atoms with van der Waals surface area (Å²) in [5.41, 5.74) is 1.40. The molecular weight excluding hydrogens is 239 g/mol. The van der Waals surface area contributed by atoms with Crippen LogP contribution in [0.5, 0.6) is 0 Å². The van der Waals surface area contributed by atoms with Crippen molar-refractivity contribution < 1.29 is 0 Å². The molecule has 0 amide bonds. The van der Waals surface area contributed by atoms with E-state index in [0.29, 0.717) is 5.57 Å². The third kappa shape index (κ3) is 1.39. The van der Waals surface area contributed by atoms with Crippen LogP contribution in [-0.2, 0) is 0 Å². The molecule has 50 valence electrons. The molecule has 0 aliphatic heterocycles. The number of hydrogen-bond donors (Lipinski definition) is 0. The average molecular weight is 244 g/mol. The van der Waals surface area contributed by atoms with E-state index in [1.165, 1.54) is 0 Å². The highest BCUT2D eigenvalue weighted by molar-refractivity contribution is 14.1. The molecule has 10 heavy (non-hydrogen) atoms. The Hall–Kier alpha value is -0.760. The molecule has 1 rings (SSSR count). The van der Waals surface area contributed by atoms with Gasteiger partial charge in [0, 0.05) is 18.0 Å². The van der Waals surface area contributed by atoms with Crippen LogP contribution in [0.25, 0.3) is 5.57 Å². The van der Waals surface area contributed by atoms with Gasteiger partial charge in [-0.05, 0) is 6.07 Å². The summed E-state index contributed by atoms with van der Waals surface area (Å²) in [6.45, 7) is 3.58. The van der Waals surface area contributed by atoms with Crippen molar-refractivity contribution in [2.75, 3.05) is 0 Å². The molecule has 0 radical (unpaired) electrons. The number of hydrogen-bond acceptors (Lipinski definition) is 1. The molecule has 0 fully saturated rings. The topological polar surface area (TPSA) is 28.7 Å². The summed E-state index contributed by atoms with van der Waals surface area (Å²) in [5.74, 6) is 0. The average Bonchev–Trinajstić information content (AvgIpc) is 2.34. The zero-order chi connectivity index (χ0) is 7.56. The molecule has 3 heteroatoms. The van der Waals surface area contributed by atoms with Crippen LogP contribution in [0.3, 0.4) is 0 Å². The Morgan fingerprint density at radius 3 is 2.90 bits per heavy atom. The van der Waals surface area contributed by atoms with Gasteiger partial charge in [-0.25, -0.2) is 0 Å². The Kier molecular flexibility index (Phi) is 2.12. The van der Waals surface area contributed by atoms with E-state index in [4.69, 9.17) is 5.26 Å². The Morgan fingerprint density at radius 2 is 2.50 bits per heavy atom. The van der Waals surface area contributed by atoms with Crippen LogP contribution in [0, 0.1) is 11.3 Å². The van der Waals surface area contributed by atoms with E-state index in [1.54, 1.807) is 0 Å². The Bertz CT molecular complexity index is 293. The van der Waals surface area contributed by atoms with Crippen LogP contribution in [0.15, 0.2) is 25.0 Å². The van der Waals surface area contributed by atoms with Crippen LogP contribution in [0.2, 0.25) is 0 Å². The van der Waals surface area contributed by atoms with Crippen molar-refractivity contribution in [2.45, 2.75) is 0 Å². The fourth-order valence-corrected chi connectivity index (χ4v) is 1.07. The monoisotopic (exact) mass is 244 g/mol. The summed E-state index contributed by atoms with van der Waals surface area (Å²) in [6, 6.07) is 3.84. The fourth-order valence-electron chi connectivity index (χ4n) is 0.614. The predicted molar refractivity (Wildman–Crippen MR) is 48.5 cm³/mol. The lowest BCUT2D eigenvalue weighted by atomic mass is 10.2. The van der Waals surface area contributed by atoms with Crippen molar-refractivity contribution in [3.63, 3.8) is 0 Å². The van der Waals surface area contributed by atoms with E-state index in [-0.39, 0.29) is 0 Å². The summed E-state index contributed by atoms with van der Waals surface area (Å²) in [6.07, 6.45) is 3.73. The third-order valence-electron chi connectivity index (χ3n) is 1.14. The zero-order valence-electron chi connectivity index (χ0n) is 5.21. The SMILES string of the molecule is C=C(C#N)c1ccn(I)c1. The second-order valence-electron chi connectivity index (χ2n) is 1.83. The Balaban J connectivity index is 2.98. The van der Waals surface area contributed by atoms with Gasteiger partial charge in [-0.3, -0.25) is 2.78 Å². The number of aromatic nitrogens is 1. The van der Waals surface area contributed by atoms with E-state index in [2.05, 4.69) is 29.4 Å². The second-order valence-corrected chi connectivity index (χ2v) is 2.95. The smallest absolute Gasteiger partial charge is 0.0992 e. The van der Waals surface area contributed by atoms with Crippen LogP contribution in [-0.4, -0.2) is 2.78 Å². The van der Waals surface area contributed by atoms with Crippen LogP contribution < -0.4 is 0 Å². The van der Waals surface area contributed by atoms with Gasteiger partial charge in [0.2, 0.25) is 0 Å². The molecule has 0 saturated carbocycles. The molecule has 1 heterocycles. The number of rotatable bonds is 1. The molecule has 0 spiro atoms. The van der Waals surface area contributed by atoms with E-state index < -0.39 is 0 Å². The van der Waals surface area contributed by atoms with Crippen molar-refractivity contribution >= 4 is 28.4 Å². The molecule has 0 bridgehead atoms. The maximum absolute atomic E-state index is 8.44. The molecule has 1 aromatic rings. The molecule has 0 N–H and O–H groups in total. The maximum Gasteiger partial charge on any atom is 0.0992 e. The van der Waals surface area contributed by atoms with Crippen LogP contribution >= 0.6 is 22.9 Å². The van der Waals surface area contributed by atoms with E-state index in [0.717, 1.165) is 5.56 Å². The minimum absolute atomic E-state index is 0.510. The molecule has 0 saturated heterocycles. The molecule has 1 aromatic heterocycles. The predicted octanol–water partition coefficient (Wildman–Crippen LogP) is 2.22. The minimum atomic E-state index is 0.510. The van der Waals surface area contributed by atoms with Crippen molar-refractivity contribution in [1.29, 1.82) is 5.26 Å². The van der Waals surface area contributed by atoms with Gasteiger partial charge < -0.3 is 0 Å². The quantitative estimate of drug-likeness (QED) is 0.550. The normalized spacial score (nSPS) is 8.80. The molecule has 0 unspecified atom stereocenters. The van der Waals surface area contributed by atoms with Crippen molar-refractivity contribution in [2.24, 2.45) is 0 Å². The minimum Gasteiger partial charge on any atom is -0.297 e. The van der Waals surface area contributed by atoms with Gasteiger partial charge in [-0.1, -0.05) is 6.58 Å². The van der Waals surface area contributed by atoms with E-state index >= 15 is 0 Å². The van der Waals surface area contributed by atoms with Gasteiger partial charge in [-0.15, -0.1) is 0 Å². The van der Waals surface area contributed by atoms with Crippen LogP contribution in [0.4, 0.5) is 0 Å². The maximum atomic E-state index is 8.44. The molecule has 0 aromatic carbocycles. The largest absolute Gasteiger partial charge is 0.297 e. The summed E-state index contributed by atoms with van der Waals surface area (Å²) in [4.78, 5) is 0.